The van der Waals surface area contributed by atoms with Crippen molar-refractivity contribution in [2.24, 2.45) is 0 Å². The van der Waals surface area contributed by atoms with E-state index in [-0.39, 0.29) is 0 Å². The van der Waals surface area contributed by atoms with Crippen LogP contribution in [-0.2, 0) is 0 Å². The van der Waals surface area contributed by atoms with Crippen LogP contribution in [0.5, 0.6) is 5.75 Å². The first-order chi connectivity index (χ1) is 5.36. The van der Waals surface area contributed by atoms with Crippen molar-refractivity contribution in [2.45, 2.75) is 0 Å². The largest absolute Gasteiger partial charge is 0.497 e. The minimum Gasteiger partial charge on any atom is -0.497 e. The molecule has 1 aromatic rings. The Morgan fingerprint density at radius 3 is 2.91 bits per heavy atom. The van der Waals surface area contributed by atoms with Gasteiger partial charge in [-0.25, -0.2) is 0 Å². The van der Waals surface area contributed by atoms with E-state index < -0.39 is 0 Å². The first-order valence-electron chi connectivity index (χ1n) is 3.46. The summed E-state index contributed by atoms with van der Waals surface area (Å²) >= 11 is 0. The van der Waals surface area contributed by atoms with Crippen LogP contribution < -0.4 is 4.74 Å². The third-order valence-corrected chi connectivity index (χ3v) is 1.40. The van der Waals surface area contributed by atoms with Crippen molar-refractivity contribution >= 4 is 6.08 Å². The molecule has 0 fully saturated rings. The van der Waals surface area contributed by atoms with Crippen LogP contribution in [0.4, 0.5) is 0 Å². The Morgan fingerprint density at radius 2 is 2.27 bits per heavy atom. The van der Waals surface area contributed by atoms with E-state index in [4.69, 9.17) is 4.74 Å². The summed E-state index contributed by atoms with van der Waals surface area (Å²) in [6, 6.07) is 7.83. The predicted octanol–water partition coefficient (Wildman–Crippen LogP) is 2.54. The van der Waals surface area contributed by atoms with E-state index in [1.807, 2.05) is 30.3 Å². The number of rotatable bonds is 2. The van der Waals surface area contributed by atoms with Gasteiger partial charge in [0.05, 0.1) is 7.11 Å². The SMILES string of the molecule is [CH2]/C=C/c1cccc(OC)c1. The number of allylic oxidation sites excluding steroid dienone is 1. The monoisotopic (exact) mass is 147 g/mol. The van der Waals surface area contributed by atoms with E-state index in [2.05, 4.69) is 6.92 Å². The third kappa shape index (κ3) is 2.11. The molecule has 0 N–H and O–H groups in total. The summed E-state index contributed by atoms with van der Waals surface area (Å²) in [5.74, 6) is 0.876. The second-order valence-electron chi connectivity index (χ2n) is 2.18. The van der Waals surface area contributed by atoms with E-state index in [1.54, 1.807) is 13.2 Å². The Bertz CT molecular complexity index is 251. The molecule has 0 aliphatic heterocycles. The molecule has 57 valence electrons. The minimum absolute atomic E-state index is 0.876. The van der Waals surface area contributed by atoms with Crippen LogP contribution in [0.1, 0.15) is 5.56 Å². The summed E-state index contributed by atoms with van der Waals surface area (Å²) in [7, 11) is 1.66. The smallest absolute Gasteiger partial charge is 0.119 e. The van der Waals surface area contributed by atoms with Crippen LogP contribution in [-0.4, -0.2) is 7.11 Å². The van der Waals surface area contributed by atoms with Crippen molar-refractivity contribution in [1.82, 2.24) is 0 Å². The Balaban J connectivity index is 2.91. The number of ether oxygens (including phenoxy) is 1. The van der Waals surface area contributed by atoms with Gasteiger partial charge in [-0.1, -0.05) is 24.3 Å². The summed E-state index contributed by atoms with van der Waals surface area (Å²) < 4.78 is 5.05. The van der Waals surface area contributed by atoms with Gasteiger partial charge in [-0.15, -0.1) is 0 Å². The molecule has 0 aliphatic carbocycles. The lowest BCUT2D eigenvalue weighted by molar-refractivity contribution is 0.414. The molecule has 1 nitrogen and oxygen atoms in total. The van der Waals surface area contributed by atoms with Crippen LogP contribution in [0, 0.1) is 6.92 Å². The van der Waals surface area contributed by atoms with E-state index in [0.29, 0.717) is 0 Å². The van der Waals surface area contributed by atoms with Crippen LogP contribution in [0.3, 0.4) is 0 Å². The maximum absolute atomic E-state index is 5.05. The fourth-order valence-corrected chi connectivity index (χ4v) is 0.881. The predicted molar refractivity (Wildman–Crippen MR) is 47.4 cm³/mol. The Hall–Kier alpha value is -1.24. The van der Waals surface area contributed by atoms with Gasteiger partial charge in [0.15, 0.2) is 0 Å². The zero-order valence-corrected chi connectivity index (χ0v) is 6.58. The van der Waals surface area contributed by atoms with E-state index in [0.717, 1.165) is 11.3 Å². The van der Waals surface area contributed by atoms with E-state index in [1.165, 1.54) is 0 Å². The molecule has 0 aliphatic rings. The van der Waals surface area contributed by atoms with E-state index in [9.17, 15) is 0 Å². The van der Waals surface area contributed by atoms with Gasteiger partial charge in [0, 0.05) is 0 Å². The Labute approximate surface area is 67.3 Å². The molecular formula is C10H11O. The van der Waals surface area contributed by atoms with Gasteiger partial charge in [-0.05, 0) is 24.6 Å². The van der Waals surface area contributed by atoms with Crippen molar-refractivity contribution < 1.29 is 4.74 Å². The molecular weight excluding hydrogens is 136 g/mol. The van der Waals surface area contributed by atoms with Crippen LogP contribution in [0.25, 0.3) is 6.08 Å². The molecule has 0 aromatic heterocycles. The molecule has 0 spiro atoms. The highest BCUT2D eigenvalue weighted by Gasteiger charge is 1.89. The Morgan fingerprint density at radius 1 is 1.45 bits per heavy atom. The van der Waals surface area contributed by atoms with Gasteiger partial charge < -0.3 is 4.74 Å². The summed E-state index contributed by atoms with van der Waals surface area (Å²) in [5, 5.41) is 0. The average Bonchev–Trinajstić information content (AvgIpc) is 2.06. The summed E-state index contributed by atoms with van der Waals surface area (Å²) in [6.45, 7) is 3.62. The van der Waals surface area contributed by atoms with Crippen molar-refractivity contribution in [3.63, 3.8) is 0 Å². The standard InChI is InChI=1S/C10H11O/c1-3-5-9-6-4-7-10(8-9)11-2/h3-8H,1H2,2H3/b5-3+. The topological polar surface area (TPSA) is 9.23 Å². The fourth-order valence-electron chi connectivity index (χ4n) is 0.881. The first-order valence-corrected chi connectivity index (χ1v) is 3.46. The number of hydrogen-bond donors (Lipinski definition) is 0. The zero-order chi connectivity index (χ0) is 8.10. The zero-order valence-electron chi connectivity index (χ0n) is 6.58. The van der Waals surface area contributed by atoms with Gasteiger partial charge >= 0.3 is 0 Å². The highest BCUT2D eigenvalue weighted by atomic mass is 16.5. The summed E-state index contributed by atoms with van der Waals surface area (Å²) in [4.78, 5) is 0. The van der Waals surface area contributed by atoms with Crippen molar-refractivity contribution in [3.05, 3.63) is 42.8 Å². The number of hydrogen-bond acceptors (Lipinski definition) is 1. The van der Waals surface area contributed by atoms with E-state index >= 15 is 0 Å². The quantitative estimate of drug-likeness (QED) is 0.624. The van der Waals surface area contributed by atoms with Crippen molar-refractivity contribution in [1.29, 1.82) is 0 Å². The highest BCUT2D eigenvalue weighted by Crippen LogP contribution is 2.13. The van der Waals surface area contributed by atoms with Gasteiger partial charge in [0.1, 0.15) is 5.75 Å². The molecule has 1 heteroatoms. The molecule has 0 saturated carbocycles. The third-order valence-electron chi connectivity index (χ3n) is 1.40. The summed E-state index contributed by atoms with van der Waals surface area (Å²) in [5.41, 5.74) is 1.11. The molecule has 1 rings (SSSR count). The van der Waals surface area contributed by atoms with Crippen LogP contribution in [0.15, 0.2) is 30.3 Å². The van der Waals surface area contributed by atoms with Gasteiger partial charge in [0.2, 0.25) is 0 Å². The lowest BCUT2D eigenvalue weighted by Crippen LogP contribution is -1.81. The molecule has 0 saturated heterocycles. The lowest BCUT2D eigenvalue weighted by Gasteiger charge is -1.99. The maximum Gasteiger partial charge on any atom is 0.119 e. The molecule has 0 atom stereocenters. The molecule has 0 heterocycles. The minimum atomic E-state index is 0.876. The van der Waals surface area contributed by atoms with Crippen LogP contribution in [0.2, 0.25) is 0 Å². The van der Waals surface area contributed by atoms with Crippen molar-refractivity contribution in [2.75, 3.05) is 7.11 Å². The molecule has 0 unspecified atom stereocenters. The normalized spacial score (nSPS) is 10.4. The maximum atomic E-state index is 5.05. The number of benzene rings is 1. The number of methoxy groups -OCH3 is 1. The molecule has 0 amide bonds. The van der Waals surface area contributed by atoms with Crippen molar-refractivity contribution in [3.8, 4) is 5.75 Å². The van der Waals surface area contributed by atoms with Crippen LogP contribution >= 0.6 is 0 Å². The van der Waals surface area contributed by atoms with Gasteiger partial charge in [-0.3, -0.25) is 0 Å². The molecule has 1 radical (unpaired) electrons. The molecule has 0 bridgehead atoms. The fraction of sp³-hybridized carbons (Fsp3) is 0.100. The average molecular weight is 147 g/mol. The van der Waals surface area contributed by atoms with Gasteiger partial charge in [0.25, 0.3) is 0 Å². The molecule has 1 aromatic carbocycles. The second kappa shape index (κ2) is 3.81. The van der Waals surface area contributed by atoms with Gasteiger partial charge in [-0.2, -0.15) is 0 Å². The Kier molecular flexibility index (Phi) is 2.73. The molecule has 11 heavy (non-hydrogen) atoms. The lowest BCUT2D eigenvalue weighted by atomic mass is 10.2. The first kappa shape index (κ1) is 7.86. The second-order valence-corrected chi connectivity index (χ2v) is 2.18. The highest BCUT2D eigenvalue weighted by molar-refractivity contribution is 5.51. The summed E-state index contributed by atoms with van der Waals surface area (Å²) in [6.07, 6.45) is 3.69.